The number of nitrogens with zero attached hydrogens (tertiary/aromatic N) is 3. The topological polar surface area (TPSA) is 69.0 Å². The van der Waals surface area contributed by atoms with Crippen molar-refractivity contribution in [1.82, 2.24) is 20.1 Å². The highest BCUT2D eigenvalue weighted by molar-refractivity contribution is 7.99. The molecule has 4 aromatic rings. The Hall–Kier alpha value is -3.32. The lowest BCUT2D eigenvalue weighted by molar-refractivity contribution is -0.118. The number of hydrogen-bond donors (Lipinski definition) is 1. The van der Waals surface area contributed by atoms with Crippen LogP contribution in [-0.2, 0) is 25.0 Å². The predicted octanol–water partition coefficient (Wildman–Crippen LogP) is 3.96. The summed E-state index contributed by atoms with van der Waals surface area (Å²) < 4.78 is 7.86. The minimum absolute atomic E-state index is 0.0413. The molecule has 6 nitrogen and oxygen atoms in total. The first-order valence-corrected chi connectivity index (χ1v) is 10.6. The van der Waals surface area contributed by atoms with E-state index in [0.29, 0.717) is 24.1 Å². The van der Waals surface area contributed by atoms with Crippen LogP contribution in [0.4, 0.5) is 0 Å². The standard InChI is InChI=1S/C23H22N4O2S/c1-27-21(15-29-20-13-7-11-18-10-5-6-12-19(18)20)25-26-23(27)30-16-22(28)24-14-17-8-3-2-4-9-17/h2-13H,14-16H2,1H3,(H,24,28). The van der Waals surface area contributed by atoms with E-state index in [4.69, 9.17) is 4.74 Å². The highest BCUT2D eigenvalue weighted by Gasteiger charge is 2.12. The van der Waals surface area contributed by atoms with Gasteiger partial charge in [-0.1, -0.05) is 78.5 Å². The van der Waals surface area contributed by atoms with Crippen LogP contribution in [0.3, 0.4) is 0 Å². The monoisotopic (exact) mass is 418 g/mol. The lowest BCUT2D eigenvalue weighted by Crippen LogP contribution is -2.24. The van der Waals surface area contributed by atoms with Gasteiger partial charge in [-0.2, -0.15) is 0 Å². The summed E-state index contributed by atoms with van der Waals surface area (Å²) in [5.41, 5.74) is 1.07. The van der Waals surface area contributed by atoms with E-state index >= 15 is 0 Å². The first-order valence-electron chi connectivity index (χ1n) is 9.63. The van der Waals surface area contributed by atoms with Crippen LogP contribution < -0.4 is 10.1 Å². The number of thioether (sulfide) groups is 1. The second-order valence-electron chi connectivity index (χ2n) is 6.77. The van der Waals surface area contributed by atoms with Crippen molar-refractivity contribution < 1.29 is 9.53 Å². The molecule has 7 heteroatoms. The Bertz CT molecular complexity index is 1140. The molecule has 0 unspecified atom stereocenters. The molecule has 0 saturated heterocycles. The van der Waals surface area contributed by atoms with Crippen LogP contribution in [0.2, 0.25) is 0 Å². The zero-order valence-electron chi connectivity index (χ0n) is 16.6. The van der Waals surface area contributed by atoms with Crippen LogP contribution >= 0.6 is 11.8 Å². The van der Waals surface area contributed by atoms with E-state index in [2.05, 4.69) is 27.6 Å². The summed E-state index contributed by atoms with van der Waals surface area (Å²) in [6.07, 6.45) is 0. The number of nitrogens with one attached hydrogen (secondary N) is 1. The maximum absolute atomic E-state index is 12.1. The van der Waals surface area contributed by atoms with Crippen LogP contribution in [0.25, 0.3) is 10.8 Å². The Kier molecular flexibility index (Phi) is 6.29. The van der Waals surface area contributed by atoms with Crippen molar-refractivity contribution in [2.75, 3.05) is 5.75 Å². The molecular formula is C23H22N4O2S. The summed E-state index contributed by atoms with van der Waals surface area (Å²) in [5.74, 6) is 1.75. The van der Waals surface area contributed by atoms with Crippen molar-refractivity contribution in [1.29, 1.82) is 0 Å². The number of ether oxygens (including phenoxy) is 1. The molecule has 0 aliphatic heterocycles. The summed E-state index contributed by atoms with van der Waals surface area (Å²) in [4.78, 5) is 12.1. The van der Waals surface area contributed by atoms with Crippen LogP contribution in [-0.4, -0.2) is 26.4 Å². The van der Waals surface area contributed by atoms with E-state index in [1.807, 2.05) is 72.3 Å². The van der Waals surface area contributed by atoms with Gasteiger partial charge in [0.1, 0.15) is 12.4 Å². The summed E-state index contributed by atoms with van der Waals surface area (Å²) in [5, 5.41) is 14.2. The van der Waals surface area contributed by atoms with Gasteiger partial charge >= 0.3 is 0 Å². The number of rotatable bonds is 8. The molecule has 0 radical (unpaired) electrons. The van der Waals surface area contributed by atoms with Gasteiger partial charge in [-0.15, -0.1) is 10.2 Å². The van der Waals surface area contributed by atoms with Crippen LogP contribution in [0, 0.1) is 0 Å². The Labute approximate surface area is 179 Å². The van der Waals surface area contributed by atoms with Gasteiger partial charge in [0.2, 0.25) is 5.91 Å². The molecular weight excluding hydrogens is 396 g/mol. The average Bonchev–Trinajstić information content (AvgIpc) is 3.14. The van der Waals surface area contributed by atoms with Crippen molar-refractivity contribution in [3.63, 3.8) is 0 Å². The van der Waals surface area contributed by atoms with Crippen LogP contribution in [0.5, 0.6) is 5.75 Å². The van der Waals surface area contributed by atoms with E-state index in [9.17, 15) is 4.79 Å². The highest BCUT2D eigenvalue weighted by atomic mass is 32.2. The summed E-state index contributed by atoms with van der Waals surface area (Å²) >= 11 is 1.36. The van der Waals surface area contributed by atoms with Gasteiger partial charge in [-0.25, -0.2) is 0 Å². The maximum Gasteiger partial charge on any atom is 0.230 e. The number of amides is 1. The minimum atomic E-state index is -0.0413. The fraction of sp³-hybridized carbons (Fsp3) is 0.174. The fourth-order valence-electron chi connectivity index (χ4n) is 3.04. The van der Waals surface area contributed by atoms with Crippen molar-refractivity contribution in [3.05, 3.63) is 84.2 Å². The molecule has 0 aliphatic carbocycles. The molecule has 0 atom stereocenters. The Morgan fingerprint density at radius 2 is 1.77 bits per heavy atom. The second-order valence-corrected chi connectivity index (χ2v) is 7.72. The number of hydrogen-bond acceptors (Lipinski definition) is 5. The van der Waals surface area contributed by atoms with Gasteiger partial charge in [-0.05, 0) is 17.0 Å². The fourth-order valence-corrected chi connectivity index (χ4v) is 3.80. The van der Waals surface area contributed by atoms with E-state index in [1.54, 1.807) is 0 Å². The zero-order valence-corrected chi connectivity index (χ0v) is 17.4. The van der Waals surface area contributed by atoms with E-state index in [0.717, 1.165) is 22.1 Å². The average molecular weight is 419 g/mol. The molecule has 1 N–H and O–H groups in total. The number of carbonyl (C=O) groups excluding carboxylic acids is 1. The summed E-state index contributed by atoms with van der Waals surface area (Å²) in [6, 6.07) is 23.9. The van der Waals surface area contributed by atoms with Gasteiger partial charge in [0.15, 0.2) is 11.0 Å². The first kappa shape index (κ1) is 20.0. The van der Waals surface area contributed by atoms with Gasteiger partial charge in [0, 0.05) is 19.0 Å². The quantitative estimate of drug-likeness (QED) is 0.439. The molecule has 0 spiro atoms. The normalized spacial score (nSPS) is 10.8. The van der Waals surface area contributed by atoms with Gasteiger partial charge in [0.25, 0.3) is 0 Å². The zero-order chi connectivity index (χ0) is 20.8. The van der Waals surface area contributed by atoms with Gasteiger partial charge < -0.3 is 14.6 Å². The second kappa shape index (κ2) is 9.45. The lowest BCUT2D eigenvalue weighted by Gasteiger charge is -2.09. The first-order chi connectivity index (χ1) is 14.7. The van der Waals surface area contributed by atoms with E-state index in [1.165, 1.54) is 11.8 Å². The third kappa shape index (κ3) is 4.80. The van der Waals surface area contributed by atoms with E-state index < -0.39 is 0 Å². The van der Waals surface area contributed by atoms with Gasteiger partial charge in [0.05, 0.1) is 5.75 Å². The molecule has 30 heavy (non-hydrogen) atoms. The largest absolute Gasteiger partial charge is 0.485 e. The van der Waals surface area contributed by atoms with Crippen molar-refractivity contribution >= 4 is 28.4 Å². The van der Waals surface area contributed by atoms with Crippen molar-refractivity contribution in [2.45, 2.75) is 18.3 Å². The Balaban J connectivity index is 1.32. The summed E-state index contributed by atoms with van der Waals surface area (Å²) in [6.45, 7) is 0.821. The Morgan fingerprint density at radius 3 is 2.63 bits per heavy atom. The molecule has 0 bridgehead atoms. The molecule has 0 saturated carbocycles. The number of aromatic nitrogens is 3. The molecule has 4 rings (SSSR count). The summed E-state index contributed by atoms with van der Waals surface area (Å²) in [7, 11) is 1.88. The lowest BCUT2D eigenvalue weighted by atomic mass is 10.1. The molecule has 1 heterocycles. The third-order valence-electron chi connectivity index (χ3n) is 4.70. The molecule has 3 aromatic carbocycles. The third-order valence-corrected chi connectivity index (χ3v) is 5.72. The van der Waals surface area contributed by atoms with Crippen LogP contribution in [0.1, 0.15) is 11.4 Å². The molecule has 0 fully saturated rings. The molecule has 0 aliphatic rings. The minimum Gasteiger partial charge on any atom is -0.485 e. The van der Waals surface area contributed by atoms with E-state index in [-0.39, 0.29) is 11.7 Å². The molecule has 1 aromatic heterocycles. The molecule has 152 valence electrons. The number of fused-ring (bicyclic) bond motifs is 1. The Morgan fingerprint density at radius 1 is 1.00 bits per heavy atom. The van der Waals surface area contributed by atoms with Crippen molar-refractivity contribution in [2.24, 2.45) is 7.05 Å². The van der Waals surface area contributed by atoms with Gasteiger partial charge in [-0.3, -0.25) is 4.79 Å². The number of benzene rings is 3. The van der Waals surface area contributed by atoms with Crippen molar-refractivity contribution in [3.8, 4) is 5.75 Å². The highest BCUT2D eigenvalue weighted by Crippen LogP contribution is 2.26. The number of carbonyl (C=O) groups is 1. The van der Waals surface area contributed by atoms with Crippen LogP contribution in [0.15, 0.2) is 78.0 Å². The predicted molar refractivity (Wildman–Crippen MR) is 118 cm³/mol. The smallest absolute Gasteiger partial charge is 0.230 e. The maximum atomic E-state index is 12.1. The molecule has 1 amide bonds. The SMILES string of the molecule is Cn1c(COc2cccc3ccccc23)nnc1SCC(=O)NCc1ccccc1.